The van der Waals surface area contributed by atoms with Crippen molar-refractivity contribution < 1.29 is 9.59 Å². The van der Waals surface area contributed by atoms with Crippen molar-refractivity contribution in [2.75, 3.05) is 0 Å². The zero-order valence-corrected chi connectivity index (χ0v) is 11.8. The Morgan fingerprint density at radius 2 is 1.58 bits per heavy atom. The van der Waals surface area contributed by atoms with Crippen molar-refractivity contribution in [3.63, 3.8) is 0 Å². The molecule has 2 amide bonds. The Kier molecular flexibility index (Phi) is 4.75. The van der Waals surface area contributed by atoms with E-state index in [1.807, 2.05) is 0 Å². The maximum Gasteiger partial charge on any atom is 0.248 e. The Hall–Kier alpha value is -1.78. The van der Waals surface area contributed by atoms with Gasteiger partial charge in [0.2, 0.25) is 11.8 Å². The lowest BCUT2D eigenvalue weighted by molar-refractivity contribution is 0.0999. The van der Waals surface area contributed by atoms with Gasteiger partial charge in [0, 0.05) is 11.1 Å². The Labute approximate surface area is 115 Å². The molecule has 4 nitrogen and oxygen atoms in total. The average molecular weight is 260 g/mol. The highest BCUT2D eigenvalue weighted by Gasteiger charge is 2.25. The number of nitrogens with two attached hydrogens (primary N) is 2. The van der Waals surface area contributed by atoms with Gasteiger partial charge in [-0.25, -0.2) is 0 Å². The first kappa shape index (κ1) is 15.3. The van der Waals surface area contributed by atoms with Crippen LogP contribution in [0.5, 0.6) is 0 Å². The molecular formula is C14H21BN2O2. The molecule has 1 unspecified atom stereocenters. The summed E-state index contributed by atoms with van der Waals surface area (Å²) < 4.78 is 0. The zero-order valence-electron chi connectivity index (χ0n) is 11.8. The second-order valence-electron chi connectivity index (χ2n) is 5.19. The molecule has 19 heavy (non-hydrogen) atoms. The van der Waals surface area contributed by atoms with Crippen LogP contribution in [0.2, 0.25) is 0 Å². The van der Waals surface area contributed by atoms with Gasteiger partial charge in [-0.15, -0.1) is 0 Å². The highest BCUT2D eigenvalue weighted by Crippen LogP contribution is 2.31. The Balaban J connectivity index is 3.41. The monoisotopic (exact) mass is 260 g/mol. The molecule has 0 radical (unpaired) electrons. The number of primary amides is 2. The first-order chi connectivity index (χ1) is 8.84. The van der Waals surface area contributed by atoms with E-state index in [0.717, 1.165) is 24.8 Å². The zero-order chi connectivity index (χ0) is 14.6. The number of hydrogen-bond donors (Lipinski definition) is 2. The molecule has 0 fully saturated rings. The third kappa shape index (κ3) is 3.37. The lowest BCUT2D eigenvalue weighted by Crippen LogP contribution is -2.27. The van der Waals surface area contributed by atoms with Crippen LogP contribution in [0, 0.1) is 0 Å². The normalized spacial score (nSPS) is 13.8. The molecule has 0 saturated carbocycles. The van der Waals surface area contributed by atoms with Gasteiger partial charge < -0.3 is 11.5 Å². The number of carbonyl (C=O) groups excluding carboxylic acids is 2. The van der Waals surface area contributed by atoms with Crippen LogP contribution in [0.3, 0.4) is 0 Å². The summed E-state index contributed by atoms with van der Waals surface area (Å²) in [5.74, 6) is -1.08. The first-order valence-corrected chi connectivity index (χ1v) is 6.59. The van der Waals surface area contributed by atoms with Crippen LogP contribution in [-0.4, -0.2) is 19.7 Å². The van der Waals surface area contributed by atoms with Gasteiger partial charge in [-0.1, -0.05) is 33.1 Å². The number of carbonyl (C=O) groups is 2. The molecule has 1 aromatic rings. The van der Waals surface area contributed by atoms with Crippen molar-refractivity contribution in [2.24, 2.45) is 11.5 Å². The molecule has 0 aliphatic rings. The number of rotatable bonds is 6. The van der Waals surface area contributed by atoms with Crippen LogP contribution in [-0.2, 0) is 5.31 Å². The summed E-state index contributed by atoms with van der Waals surface area (Å²) in [6.45, 7) is 4.21. The molecule has 0 aliphatic heterocycles. The summed E-state index contributed by atoms with van der Waals surface area (Å²) in [5.41, 5.74) is 12.3. The van der Waals surface area contributed by atoms with Gasteiger partial charge in [0.1, 0.15) is 7.85 Å². The fourth-order valence-corrected chi connectivity index (χ4v) is 2.34. The van der Waals surface area contributed by atoms with Crippen LogP contribution in [0.4, 0.5) is 0 Å². The van der Waals surface area contributed by atoms with E-state index < -0.39 is 11.8 Å². The summed E-state index contributed by atoms with van der Waals surface area (Å²) in [7, 11) is 2.13. The Bertz CT molecular complexity index is 470. The molecule has 0 aromatic heterocycles. The number of hydrogen-bond acceptors (Lipinski definition) is 2. The lowest BCUT2D eigenvalue weighted by atomic mass is 9.59. The molecule has 0 bridgehead atoms. The second kappa shape index (κ2) is 5.91. The van der Waals surface area contributed by atoms with E-state index in [4.69, 9.17) is 11.5 Å². The van der Waals surface area contributed by atoms with E-state index in [0.29, 0.717) is 11.1 Å². The molecule has 0 saturated heterocycles. The van der Waals surface area contributed by atoms with Crippen molar-refractivity contribution in [1.82, 2.24) is 0 Å². The van der Waals surface area contributed by atoms with Crippen molar-refractivity contribution in [3.8, 4) is 0 Å². The molecule has 5 heteroatoms. The summed E-state index contributed by atoms with van der Waals surface area (Å²) in [4.78, 5) is 22.7. The molecule has 1 atom stereocenters. The van der Waals surface area contributed by atoms with E-state index in [-0.39, 0.29) is 5.31 Å². The molecule has 1 rings (SSSR count). The third-order valence-electron chi connectivity index (χ3n) is 3.78. The molecule has 1 aromatic carbocycles. The van der Waals surface area contributed by atoms with Crippen molar-refractivity contribution in [3.05, 3.63) is 34.9 Å². The highest BCUT2D eigenvalue weighted by atomic mass is 16.1. The summed E-state index contributed by atoms with van der Waals surface area (Å²) >= 11 is 0. The maximum absolute atomic E-state index is 11.4. The van der Waals surface area contributed by atoms with E-state index in [1.54, 1.807) is 12.1 Å². The van der Waals surface area contributed by atoms with Gasteiger partial charge >= 0.3 is 0 Å². The van der Waals surface area contributed by atoms with Gasteiger partial charge in [0.25, 0.3) is 0 Å². The maximum atomic E-state index is 11.4. The van der Waals surface area contributed by atoms with Crippen LogP contribution in [0.15, 0.2) is 18.2 Å². The predicted octanol–water partition coefficient (Wildman–Crippen LogP) is 0.923. The van der Waals surface area contributed by atoms with Crippen molar-refractivity contribution >= 4 is 19.7 Å². The van der Waals surface area contributed by atoms with E-state index in [1.165, 1.54) is 6.07 Å². The minimum Gasteiger partial charge on any atom is -0.366 e. The molecule has 102 valence electrons. The van der Waals surface area contributed by atoms with E-state index >= 15 is 0 Å². The van der Waals surface area contributed by atoms with Crippen LogP contribution in [0.25, 0.3) is 0 Å². The summed E-state index contributed by atoms with van der Waals surface area (Å²) in [6.07, 6.45) is 2.92. The van der Waals surface area contributed by atoms with E-state index in [9.17, 15) is 9.59 Å². The second-order valence-corrected chi connectivity index (χ2v) is 5.19. The average Bonchev–Trinajstić information content (AvgIpc) is 2.38. The van der Waals surface area contributed by atoms with Crippen molar-refractivity contribution in [1.29, 1.82) is 0 Å². The lowest BCUT2D eigenvalue weighted by Gasteiger charge is -2.29. The number of benzene rings is 1. The van der Waals surface area contributed by atoms with Gasteiger partial charge in [-0.3, -0.25) is 9.59 Å². The highest BCUT2D eigenvalue weighted by molar-refractivity contribution is 6.16. The van der Waals surface area contributed by atoms with E-state index in [2.05, 4.69) is 21.7 Å². The SMILES string of the molecule is BC(CC)(CCC)c1cc(C(N)=O)cc(C(N)=O)c1. The van der Waals surface area contributed by atoms with Crippen LogP contribution < -0.4 is 11.5 Å². The molecule has 0 spiro atoms. The van der Waals surface area contributed by atoms with Crippen LogP contribution in [0.1, 0.15) is 59.4 Å². The van der Waals surface area contributed by atoms with Gasteiger partial charge in [0.05, 0.1) is 0 Å². The fourth-order valence-electron chi connectivity index (χ4n) is 2.34. The molecule has 0 aliphatic carbocycles. The van der Waals surface area contributed by atoms with Gasteiger partial charge in [0.15, 0.2) is 0 Å². The minimum atomic E-state index is -0.542. The number of amides is 2. The van der Waals surface area contributed by atoms with Gasteiger partial charge in [-0.05, 0) is 29.1 Å². The quantitative estimate of drug-likeness (QED) is 0.745. The van der Waals surface area contributed by atoms with Gasteiger partial charge in [-0.2, -0.15) is 0 Å². The third-order valence-corrected chi connectivity index (χ3v) is 3.78. The minimum absolute atomic E-state index is 0.0790. The standard InChI is InChI=1S/C14H21BN2O2/c1-3-5-14(15,4-2)11-7-9(12(16)18)6-10(8-11)13(17)19/h6-8H,3-5,15H2,1-2H3,(H2,16,18)(H2,17,19). The summed E-state index contributed by atoms with van der Waals surface area (Å²) in [5, 5.41) is -0.0790. The molecule has 0 heterocycles. The molecular weight excluding hydrogens is 239 g/mol. The fraction of sp³-hybridized carbons (Fsp3) is 0.429. The summed E-state index contributed by atoms with van der Waals surface area (Å²) in [6, 6.07) is 5.00. The largest absolute Gasteiger partial charge is 0.366 e. The smallest absolute Gasteiger partial charge is 0.248 e. The predicted molar refractivity (Wildman–Crippen MR) is 78.9 cm³/mol. The van der Waals surface area contributed by atoms with Crippen molar-refractivity contribution in [2.45, 2.75) is 38.4 Å². The first-order valence-electron chi connectivity index (χ1n) is 6.59. The molecule has 4 N–H and O–H groups in total. The van der Waals surface area contributed by atoms with Crippen LogP contribution >= 0.6 is 0 Å². The Morgan fingerprint density at radius 3 is 1.89 bits per heavy atom. The Morgan fingerprint density at radius 1 is 1.11 bits per heavy atom. The topological polar surface area (TPSA) is 86.2 Å².